The van der Waals surface area contributed by atoms with Crippen molar-refractivity contribution in [1.29, 1.82) is 0 Å². The van der Waals surface area contributed by atoms with Crippen LogP contribution in [0, 0.1) is 0 Å². The molecule has 0 saturated heterocycles. The standard InChI is InChI=1S/C12H18N2OS/c1-3-5-9(4-2)10-8-13-12-14(11(10)15)6-7-16-12/h8-9H,3-7H2,1-2H3. The Hall–Kier alpha value is -0.770. The van der Waals surface area contributed by atoms with E-state index in [0.717, 1.165) is 42.3 Å². The van der Waals surface area contributed by atoms with E-state index in [9.17, 15) is 4.79 Å². The predicted molar refractivity (Wildman–Crippen MR) is 67.2 cm³/mol. The van der Waals surface area contributed by atoms with Crippen LogP contribution in [0.15, 0.2) is 16.1 Å². The summed E-state index contributed by atoms with van der Waals surface area (Å²) in [4.78, 5) is 16.6. The van der Waals surface area contributed by atoms with Crippen molar-refractivity contribution in [2.24, 2.45) is 0 Å². The Labute approximate surface area is 100 Å². The van der Waals surface area contributed by atoms with E-state index in [4.69, 9.17) is 0 Å². The van der Waals surface area contributed by atoms with Crippen molar-refractivity contribution in [3.63, 3.8) is 0 Å². The zero-order valence-corrected chi connectivity index (χ0v) is 10.7. The predicted octanol–water partition coefficient (Wildman–Crippen LogP) is 2.64. The smallest absolute Gasteiger partial charge is 0.257 e. The van der Waals surface area contributed by atoms with Crippen molar-refractivity contribution in [1.82, 2.24) is 9.55 Å². The molecule has 0 fully saturated rings. The third kappa shape index (κ3) is 2.03. The first kappa shape index (κ1) is 11.7. The fourth-order valence-electron chi connectivity index (χ4n) is 2.24. The summed E-state index contributed by atoms with van der Waals surface area (Å²) in [6, 6.07) is 0. The molecule has 0 amide bonds. The summed E-state index contributed by atoms with van der Waals surface area (Å²) in [5.41, 5.74) is 1.10. The van der Waals surface area contributed by atoms with Gasteiger partial charge in [-0.2, -0.15) is 0 Å². The van der Waals surface area contributed by atoms with Gasteiger partial charge in [-0.1, -0.05) is 32.0 Å². The van der Waals surface area contributed by atoms with Crippen LogP contribution in [-0.2, 0) is 6.54 Å². The maximum absolute atomic E-state index is 12.2. The van der Waals surface area contributed by atoms with Crippen molar-refractivity contribution in [2.45, 2.75) is 50.7 Å². The Kier molecular flexibility index (Phi) is 3.69. The molecule has 1 unspecified atom stereocenters. The molecule has 0 saturated carbocycles. The molecule has 1 aliphatic heterocycles. The molecule has 16 heavy (non-hydrogen) atoms. The van der Waals surface area contributed by atoms with Crippen molar-refractivity contribution in [3.8, 4) is 0 Å². The molecular formula is C12H18N2OS. The lowest BCUT2D eigenvalue weighted by Crippen LogP contribution is -2.25. The number of thioether (sulfide) groups is 1. The van der Waals surface area contributed by atoms with Crippen LogP contribution in [-0.4, -0.2) is 15.3 Å². The molecular weight excluding hydrogens is 220 g/mol. The van der Waals surface area contributed by atoms with Crippen molar-refractivity contribution in [2.75, 3.05) is 5.75 Å². The lowest BCUT2D eigenvalue weighted by Gasteiger charge is -2.14. The van der Waals surface area contributed by atoms with Crippen LogP contribution in [0.5, 0.6) is 0 Å². The highest BCUT2D eigenvalue weighted by molar-refractivity contribution is 7.99. The van der Waals surface area contributed by atoms with Gasteiger partial charge in [-0.25, -0.2) is 4.98 Å². The van der Waals surface area contributed by atoms with Crippen LogP contribution in [0.3, 0.4) is 0 Å². The van der Waals surface area contributed by atoms with Crippen LogP contribution in [0.25, 0.3) is 0 Å². The van der Waals surface area contributed by atoms with Crippen LogP contribution in [0.4, 0.5) is 0 Å². The first-order valence-corrected chi connectivity index (χ1v) is 6.99. The highest BCUT2D eigenvalue weighted by atomic mass is 32.2. The Bertz CT molecular complexity index is 428. The second-order valence-corrected chi connectivity index (χ2v) is 5.26. The lowest BCUT2D eigenvalue weighted by atomic mass is 9.94. The molecule has 3 nitrogen and oxygen atoms in total. The van der Waals surface area contributed by atoms with E-state index in [2.05, 4.69) is 18.8 Å². The van der Waals surface area contributed by atoms with Gasteiger partial charge in [0.25, 0.3) is 5.56 Å². The van der Waals surface area contributed by atoms with Gasteiger partial charge in [0.15, 0.2) is 5.16 Å². The average Bonchev–Trinajstić information content (AvgIpc) is 2.76. The second-order valence-electron chi connectivity index (χ2n) is 4.20. The zero-order chi connectivity index (χ0) is 11.5. The number of nitrogens with zero attached hydrogens (tertiary/aromatic N) is 2. The maximum atomic E-state index is 12.2. The van der Waals surface area contributed by atoms with Gasteiger partial charge in [0.1, 0.15) is 0 Å². The second kappa shape index (κ2) is 5.04. The Balaban J connectivity index is 2.38. The minimum Gasteiger partial charge on any atom is -0.287 e. The van der Waals surface area contributed by atoms with Crippen LogP contribution >= 0.6 is 11.8 Å². The van der Waals surface area contributed by atoms with Gasteiger partial charge >= 0.3 is 0 Å². The largest absolute Gasteiger partial charge is 0.287 e. The van der Waals surface area contributed by atoms with Crippen LogP contribution in [0.1, 0.15) is 44.6 Å². The van der Waals surface area contributed by atoms with Crippen molar-refractivity contribution < 1.29 is 0 Å². The van der Waals surface area contributed by atoms with E-state index in [1.165, 1.54) is 0 Å². The number of aromatic nitrogens is 2. The molecule has 0 N–H and O–H groups in total. The molecule has 2 heterocycles. The molecule has 4 heteroatoms. The van der Waals surface area contributed by atoms with Crippen molar-refractivity contribution >= 4 is 11.8 Å². The summed E-state index contributed by atoms with van der Waals surface area (Å²) in [6.07, 6.45) is 5.03. The molecule has 0 aromatic carbocycles. The molecule has 0 aliphatic carbocycles. The summed E-state index contributed by atoms with van der Waals surface area (Å²) in [5, 5.41) is 0.889. The van der Waals surface area contributed by atoms with E-state index >= 15 is 0 Å². The van der Waals surface area contributed by atoms with Gasteiger partial charge in [0, 0.05) is 24.1 Å². The number of hydrogen-bond acceptors (Lipinski definition) is 3. The zero-order valence-electron chi connectivity index (χ0n) is 9.90. The van der Waals surface area contributed by atoms with Crippen LogP contribution < -0.4 is 5.56 Å². The molecule has 0 radical (unpaired) electrons. The normalized spacial score (nSPS) is 16.1. The summed E-state index contributed by atoms with van der Waals surface area (Å²) >= 11 is 1.68. The summed E-state index contributed by atoms with van der Waals surface area (Å²) in [7, 11) is 0. The van der Waals surface area contributed by atoms with E-state index in [1.807, 2.05) is 4.57 Å². The third-order valence-corrected chi connectivity index (χ3v) is 4.12. The summed E-state index contributed by atoms with van der Waals surface area (Å²) in [5.74, 6) is 1.37. The quantitative estimate of drug-likeness (QED) is 0.756. The molecule has 1 aromatic heterocycles. The van der Waals surface area contributed by atoms with Gasteiger partial charge in [-0.15, -0.1) is 0 Å². The SMILES string of the molecule is CCCC(CC)c1cnc2n(c1=O)CCS2. The Morgan fingerprint density at radius 1 is 1.56 bits per heavy atom. The van der Waals surface area contributed by atoms with E-state index in [1.54, 1.807) is 18.0 Å². The van der Waals surface area contributed by atoms with Crippen molar-refractivity contribution in [3.05, 3.63) is 22.1 Å². The molecule has 1 atom stereocenters. The van der Waals surface area contributed by atoms with E-state index < -0.39 is 0 Å². The Morgan fingerprint density at radius 2 is 2.38 bits per heavy atom. The van der Waals surface area contributed by atoms with Crippen LogP contribution in [0.2, 0.25) is 0 Å². The minimum atomic E-state index is 0.190. The van der Waals surface area contributed by atoms with Gasteiger partial charge in [-0.05, 0) is 18.8 Å². The summed E-state index contributed by atoms with van der Waals surface area (Å²) in [6.45, 7) is 5.13. The molecule has 88 valence electrons. The summed E-state index contributed by atoms with van der Waals surface area (Å²) < 4.78 is 1.83. The fourth-order valence-corrected chi connectivity index (χ4v) is 3.15. The van der Waals surface area contributed by atoms with Gasteiger partial charge < -0.3 is 0 Å². The molecule has 1 aromatic rings. The van der Waals surface area contributed by atoms with Gasteiger partial charge in [0.2, 0.25) is 0 Å². The molecule has 1 aliphatic rings. The monoisotopic (exact) mass is 238 g/mol. The molecule has 0 bridgehead atoms. The first-order valence-electron chi connectivity index (χ1n) is 6.00. The number of hydrogen-bond donors (Lipinski definition) is 0. The van der Waals surface area contributed by atoms with E-state index in [-0.39, 0.29) is 5.56 Å². The number of rotatable bonds is 4. The van der Waals surface area contributed by atoms with E-state index in [0.29, 0.717) is 5.92 Å². The highest BCUT2D eigenvalue weighted by Gasteiger charge is 2.19. The van der Waals surface area contributed by atoms with Gasteiger partial charge in [-0.3, -0.25) is 9.36 Å². The topological polar surface area (TPSA) is 34.9 Å². The molecule has 2 rings (SSSR count). The molecule has 0 spiro atoms. The highest BCUT2D eigenvalue weighted by Crippen LogP contribution is 2.25. The van der Waals surface area contributed by atoms with Gasteiger partial charge in [0.05, 0.1) is 0 Å². The minimum absolute atomic E-state index is 0.190. The fraction of sp³-hybridized carbons (Fsp3) is 0.667. The Morgan fingerprint density at radius 3 is 3.06 bits per heavy atom. The third-order valence-electron chi connectivity index (χ3n) is 3.15. The average molecular weight is 238 g/mol. The number of fused-ring (bicyclic) bond motifs is 1. The lowest BCUT2D eigenvalue weighted by molar-refractivity contribution is 0.560. The first-order chi connectivity index (χ1) is 7.77. The maximum Gasteiger partial charge on any atom is 0.257 e.